The fraction of sp³-hybridized carbons (Fsp3) is 0.500. The number of hydrogen-bond acceptors (Lipinski definition) is 3. The molecule has 136 valence electrons. The Morgan fingerprint density at radius 2 is 1.84 bits per heavy atom. The third kappa shape index (κ3) is 5.37. The van der Waals surface area contributed by atoms with Crippen LogP contribution >= 0.6 is 0 Å². The zero-order valence-electron chi connectivity index (χ0n) is 14.2. The van der Waals surface area contributed by atoms with E-state index in [2.05, 4.69) is 9.82 Å². The van der Waals surface area contributed by atoms with Crippen LogP contribution in [0.25, 0.3) is 5.69 Å². The monoisotopic (exact) mass is 365 g/mol. The molecule has 0 spiro atoms. The molecule has 1 N–H and O–H groups in total. The minimum absolute atomic E-state index is 0.233. The van der Waals surface area contributed by atoms with Crippen molar-refractivity contribution in [1.82, 2.24) is 14.5 Å². The molecule has 0 aliphatic heterocycles. The second-order valence-electron chi connectivity index (χ2n) is 6.66. The summed E-state index contributed by atoms with van der Waals surface area (Å²) in [7, 11) is -3.23. The second-order valence-corrected chi connectivity index (χ2v) is 8.51. The van der Waals surface area contributed by atoms with E-state index >= 15 is 0 Å². The Hall–Kier alpha value is -1.73. The van der Waals surface area contributed by atoms with E-state index in [-0.39, 0.29) is 11.6 Å². The van der Waals surface area contributed by atoms with Gasteiger partial charge in [0.25, 0.3) is 0 Å². The number of hydrogen-bond donors (Lipinski definition) is 1. The van der Waals surface area contributed by atoms with Gasteiger partial charge in [-0.05, 0) is 49.1 Å². The van der Waals surface area contributed by atoms with E-state index in [4.69, 9.17) is 0 Å². The fourth-order valence-electron chi connectivity index (χ4n) is 3.29. The minimum atomic E-state index is -3.23. The topological polar surface area (TPSA) is 64.0 Å². The van der Waals surface area contributed by atoms with Gasteiger partial charge in [-0.25, -0.2) is 22.2 Å². The molecule has 1 heterocycles. The third-order valence-electron chi connectivity index (χ3n) is 4.62. The van der Waals surface area contributed by atoms with Crippen molar-refractivity contribution in [2.45, 2.75) is 38.5 Å². The van der Waals surface area contributed by atoms with Crippen LogP contribution in [0.4, 0.5) is 4.39 Å². The van der Waals surface area contributed by atoms with Crippen molar-refractivity contribution >= 4 is 10.0 Å². The first-order valence-corrected chi connectivity index (χ1v) is 10.4. The van der Waals surface area contributed by atoms with Crippen LogP contribution in [0.1, 0.15) is 37.8 Å². The first kappa shape index (κ1) is 18.1. The van der Waals surface area contributed by atoms with Crippen LogP contribution in [0.15, 0.2) is 36.5 Å². The zero-order valence-corrected chi connectivity index (χ0v) is 15.0. The molecule has 1 fully saturated rings. The molecule has 1 aromatic heterocycles. The average Bonchev–Trinajstić information content (AvgIpc) is 3.04. The van der Waals surface area contributed by atoms with Crippen LogP contribution in [-0.2, 0) is 16.4 Å². The Labute approximate surface area is 148 Å². The van der Waals surface area contributed by atoms with Gasteiger partial charge in [0, 0.05) is 19.2 Å². The molecular weight excluding hydrogens is 341 g/mol. The number of sulfonamides is 1. The molecular formula is C18H24FN3O2S. The number of nitrogens with one attached hydrogen (secondary N) is 1. The van der Waals surface area contributed by atoms with Crippen LogP contribution in [0.3, 0.4) is 0 Å². The van der Waals surface area contributed by atoms with Crippen LogP contribution in [0, 0.1) is 11.7 Å². The SMILES string of the molecule is O=S(=O)(CC1CCCCC1)NCCc1ccn(-c2ccc(F)cc2)n1. The molecule has 0 amide bonds. The molecule has 7 heteroatoms. The van der Waals surface area contributed by atoms with Crippen molar-refractivity contribution in [2.75, 3.05) is 12.3 Å². The Morgan fingerprint density at radius 3 is 2.56 bits per heavy atom. The molecule has 0 bridgehead atoms. The fourth-order valence-corrected chi connectivity index (χ4v) is 4.78. The van der Waals surface area contributed by atoms with Crippen molar-refractivity contribution in [3.05, 3.63) is 48.0 Å². The van der Waals surface area contributed by atoms with E-state index in [0.717, 1.165) is 37.1 Å². The number of aromatic nitrogens is 2. The number of nitrogens with zero attached hydrogens (tertiary/aromatic N) is 2. The van der Waals surface area contributed by atoms with Crippen molar-refractivity contribution in [3.63, 3.8) is 0 Å². The van der Waals surface area contributed by atoms with Gasteiger partial charge in [-0.3, -0.25) is 0 Å². The summed E-state index contributed by atoms with van der Waals surface area (Å²) >= 11 is 0. The first-order valence-electron chi connectivity index (χ1n) is 8.80. The van der Waals surface area contributed by atoms with E-state index in [9.17, 15) is 12.8 Å². The predicted octanol–water partition coefficient (Wildman–Crippen LogP) is 3.05. The van der Waals surface area contributed by atoms with Crippen LogP contribution in [-0.4, -0.2) is 30.5 Å². The van der Waals surface area contributed by atoms with Gasteiger partial charge in [0.15, 0.2) is 0 Å². The van der Waals surface area contributed by atoms with Crippen LogP contribution in [0.5, 0.6) is 0 Å². The lowest BCUT2D eigenvalue weighted by molar-refractivity contribution is 0.384. The van der Waals surface area contributed by atoms with E-state index in [1.807, 2.05) is 6.07 Å². The molecule has 1 aromatic carbocycles. The summed E-state index contributed by atoms with van der Waals surface area (Å²) in [6.07, 6.45) is 7.85. The number of rotatable bonds is 7. The maximum atomic E-state index is 13.0. The van der Waals surface area contributed by atoms with Gasteiger partial charge in [-0.1, -0.05) is 19.3 Å². The molecule has 0 saturated heterocycles. The third-order valence-corrected chi connectivity index (χ3v) is 6.17. The Kier molecular flexibility index (Phi) is 5.86. The lowest BCUT2D eigenvalue weighted by atomic mass is 9.91. The van der Waals surface area contributed by atoms with Crippen molar-refractivity contribution in [1.29, 1.82) is 0 Å². The molecule has 0 atom stereocenters. The van der Waals surface area contributed by atoms with Gasteiger partial charge in [-0.15, -0.1) is 0 Å². The molecule has 3 rings (SSSR count). The van der Waals surface area contributed by atoms with Crippen molar-refractivity contribution < 1.29 is 12.8 Å². The summed E-state index contributed by atoms with van der Waals surface area (Å²) in [5.74, 6) is 0.240. The lowest BCUT2D eigenvalue weighted by Gasteiger charge is -2.21. The molecule has 25 heavy (non-hydrogen) atoms. The molecule has 1 aliphatic rings. The highest BCUT2D eigenvalue weighted by atomic mass is 32.2. The molecule has 0 radical (unpaired) electrons. The van der Waals surface area contributed by atoms with Gasteiger partial charge in [0.2, 0.25) is 10.0 Å². The Balaban J connectivity index is 1.49. The van der Waals surface area contributed by atoms with Gasteiger partial charge < -0.3 is 0 Å². The first-order chi connectivity index (χ1) is 12.0. The Morgan fingerprint density at radius 1 is 1.12 bits per heavy atom. The van der Waals surface area contributed by atoms with E-state index in [0.29, 0.717) is 18.9 Å². The van der Waals surface area contributed by atoms with Gasteiger partial charge >= 0.3 is 0 Å². The van der Waals surface area contributed by atoms with Crippen molar-refractivity contribution in [3.8, 4) is 5.69 Å². The van der Waals surface area contributed by atoms with Crippen molar-refractivity contribution in [2.24, 2.45) is 5.92 Å². The van der Waals surface area contributed by atoms with E-state index in [1.165, 1.54) is 18.6 Å². The maximum absolute atomic E-state index is 13.0. The van der Waals surface area contributed by atoms with E-state index in [1.54, 1.807) is 23.0 Å². The summed E-state index contributed by atoms with van der Waals surface area (Å²) in [4.78, 5) is 0. The smallest absolute Gasteiger partial charge is 0.211 e. The maximum Gasteiger partial charge on any atom is 0.211 e. The predicted molar refractivity (Wildman–Crippen MR) is 95.6 cm³/mol. The summed E-state index contributed by atoms with van der Waals surface area (Å²) < 4.78 is 41.7. The molecule has 2 aromatic rings. The highest BCUT2D eigenvalue weighted by molar-refractivity contribution is 7.89. The largest absolute Gasteiger partial charge is 0.241 e. The average molecular weight is 365 g/mol. The van der Waals surface area contributed by atoms with Crippen LogP contribution < -0.4 is 4.72 Å². The summed E-state index contributed by atoms with van der Waals surface area (Å²) in [6, 6.07) is 7.92. The standard InChI is InChI=1S/C18H24FN3O2S/c19-16-6-8-18(9-7-16)22-13-11-17(21-22)10-12-20-25(23,24)14-15-4-2-1-3-5-15/h6-9,11,13,15,20H,1-5,10,12,14H2. The zero-order chi connectivity index (χ0) is 17.7. The number of benzene rings is 1. The normalized spacial score (nSPS) is 16.2. The minimum Gasteiger partial charge on any atom is -0.241 e. The molecule has 5 nitrogen and oxygen atoms in total. The van der Waals surface area contributed by atoms with Gasteiger partial charge in [-0.2, -0.15) is 5.10 Å². The van der Waals surface area contributed by atoms with Crippen LogP contribution in [0.2, 0.25) is 0 Å². The molecule has 0 unspecified atom stereocenters. The van der Waals surface area contributed by atoms with Gasteiger partial charge in [0.05, 0.1) is 17.1 Å². The quantitative estimate of drug-likeness (QED) is 0.820. The summed E-state index contributed by atoms with van der Waals surface area (Å²) in [5.41, 5.74) is 1.57. The Bertz CT molecular complexity index is 781. The van der Waals surface area contributed by atoms with E-state index < -0.39 is 10.0 Å². The molecule has 1 aliphatic carbocycles. The highest BCUT2D eigenvalue weighted by Gasteiger charge is 2.20. The number of halogens is 1. The van der Waals surface area contributed by atoms with Gasteiger partial charge in [0.1, 0.15) is 5.82 Å². The highest BCUT2D eigenvalue weighted by Crippen LogP contribution is 2.24. The second kappa shape index (κ2) is 8.10. The molecule has 1 saturated carbocycles. The lowest BCUT2D eigenvalue weighted by Crippen LogP contribution is -2.32. The summed E-state index contributed by atoms with van der Waals surface area (Å²) in [5, 5.41) is 4.40. The summed E-state index contributed by atoms with van der Waals surface area (Å²) in [6.45, 7) is 0.343.